The molecular weight excluding hydrogens is 390 g/mol. The highest BCUT2D eigenvalue weighted by atomic mass is 16.6. The normalized spacial score (nSPS) is 19.8. The summed E-state index contributed by atoms with van der Waals surface area (Å²) in [5, 5.41) is 3.46. The molecule has 0 aromatic heterocycles. The van der Waals surface area contributed by atoms with Crippen LogP contribution in [0.3, 0.4) is 0 Å². The average Bonchev–Trinajstić information content (AvgIpc) is 2.68. The zero-order valence-electron chi connectivity index (χ0n) is 19.5. The summed E-state index contributed by atoms with van der Waals surface area (Å²) in [6, 6.07) is 16.3. The van der Waals surface area contributed by atoms with Gasteiger partial charge in [0.05, 0.1) is 6.42 Å². The quantitative estimate of drug-likeness (QED) is 0.560. The van der Waals surface area contributed by atoms with Crippen molar-refractivity contribution in [2.45, 2.75) is 72.3 Å². The molecule has 1 aliphatic heterocycles. The van der Waals surface area contributed by atoms with Gasteiger partial charge in [-0.05, 0) is 49.9 Å². The van der Waals surface area contributed by atoms with E-state index < -0.39 is 17.8 Å². The van der Waals surface area contributed by atoms with E-state index in [-0.39, 0.29) is 11.4 Å². The maximum atomic E-state index is 12.7. The maximum absolute atomic E-state index is 12.7. The fourth-order valence-corrected chi connectivity index (χ4v) is 3.82. The first-order chi connectivity index (χ1) is 14.6. The Kier molecular flexibility index (Phi) is 6.95. The maximum Gasteiger partial charge on any atom is 0.306 e. The summed E-state index contributed by atoms with van der Waals surface area (Å²) >= 11 is 0. The first-order valence-electron chi connectivity index (χ1n) is 11.0. The number of fused-ring (bicyclic) bond motifs is 1. The Morgan fingerprint density at radius 3 is 2.48 bits per heavy atom. The molecule has 1 heterocycles. The molecule has 2 aromatic carbocycles. The summed E-state index contributed by atoms with van der Waals surface area (Å²) in [4.78, 5) is 12.7. The highest BCUT2D eigenvalue weighted by molar-refractivity contribution is 5.70. The second kappa shape index (κ2) is 9.31. The largest absolute Gasteiger partial charge is 0.483 e. The Bertz CT molecular complexity index is 886. The summed E-state index contributed by atoms with van der Waals surface area (Å²) in [5.74, 6) is 0.525. The van der Waals surface area contributed by atoms with E-state index in [4.69, 9.17) is 14.2 Å². The monoisotopic (exact) mass is 425 g/mol. The van der Waals surface area contributed by atoms with Gasteiger partial charge < -0.3 is 19.5 Å². The van der Waals surface area contributed by atoms with Crippen LogP contribution in [0.1, 0.15) is 65.2 Å². The van der Waals surface area contributed by atoms with Gasteiger partial charge in [0.15, 0.2) is 6.10 Å². The zero-order valence-corrected chi connectivity index (χ0v) is 19.5. The molecule has 0 bridgehead atoms. The van der Waals surface area contributed by atoms with Gasteiger partial charge >= 0.3 is 5.97 Å². The lowest BCUT2D eigenvalue weighted by Crippen LogP contribution is -2.52. The van der Waals surface area contributed by atoms with Crippen LogP contribution in [0.4, 0.5) is 5.69 Å². The predicted octanol–water partition coefficient (Wildman–Crippen LogP) is 5.90. The molecule has 0 amide bonds. The molecule has 0 saturated heterocycles. The SMILES string of the molecule is CCOC1c2cc(NCc3ccccc3)ccc2OC(C)(C)C1OC(=O)CC(C)(C)C. The second-order valence-corrected chi connectivity index (χ2v) is 9.82. The van der Waals surface area contributed by atoms with E-state index in [0.717, 1.165) is 23.5 Å². The van der Waals surface area contributed by atoms with Crippen LogP contribution in [-0.4, -0.2) is 24.3 Å². The lowest BCUT2D eigenvalue weighted by atomic mass is 9.87. The predicted molar refractivity (Wildman–Crippen MR) is 123 cm³/mol. The van der Waals surface area contributed by atoms with Gasteiger partial charge in [0.25, 0.3) is 0 Å². The number of esters is 1. The minimum atomic E-state index is -0.709. The van der Waals surface area contributed by atoms with E-state index >= 15 is 0 Å². The molecule has 5 nitrogen and oxygen atoms in total. The molecule has 0 saturated carbocycles. The molecule has 0 fully saturated rings. The molecular formula is C26H35NO4. The minimum absolute atomic E-state index is 0.149. The summed E-state index contributed by atoms with van der Waals surface area (Å²) < 4.78 is 18.4. The molecule has 2 unspecified atom stereocenters. The number of rotatable bonds is 7. The van der Waals surface area contributed by atoms with Crippen molar-refractivity contribution >= 4 is 11.7 Å². The molecule has 31 heavy (non-hydrogen) atoms. The van der Waals surface area contributed by atoms with Crippen molar-refractivity contribution in [3.63, 3.8) is 0 Å². The lowest BCUT2D eigenvalue weighted by Gasteiger charge is -2.44. The van der Waals surface area contributed by atoms with Crippen molar-refractivity contribution in [1.29, 1.82) is 0 Å². The van der Waals surface area contributed by atoms with Crippen LogP contribution in [-0.2, 0) is 20.8 Å². The summed E-state index contributed by atoms with van der Waals surface area (Å²) in [5.41, 5.74) is 2.21. The molecule has 2 atom stereocenters. The molecule has 2 aromatic rings. The van der Waals surface area contributed by atoms with Gasteiger partial charge in [-0.2, -0.15) is 0 Å². The van der Waals surface area contributed by atoms with Crippen LogP contribution >= 0.6 is 0 Å². The number of hydrogen-bond acceptors (Lipinski definition) is 5. The number of carbonyl (C=O) groups is 1. The van der Waals surface area contributed by atoms with Gasteiger partial charge in [-0.15, -0.1) is 0 Å². The number of hydrogen-bond donors (Lipinski definition) is 1. The molecule has 0 spiro atoms. The van der Waals surface area contributed by atoms with Gasteiger partial charge in [0.2, 0.25) is 0 Å². The van der Waals surface area contributed by atoms with Crippen LogP contribution in [0.2, 0.25) is 0 Å². The average molecular weight is 426 g/mol. The summed E-state index contributed by atoms with van der Waals surface area (Å²) in [6.45, 7) is 13.1. The van der Waals surface area contributed by atoms with Crippen LogP contribution < -0.4 is 10.1 Å². The Hall–Kier alpha value is -2.53. The zero-order chi connectivity index (χ0) is 22.6. The summed E-state index contributed by atoms with van der Waals surface area (Å²) in [7, 11) is 0. The Labute approximate surface area is 186 Å². The fourth-order valence-electron chi connectivity index (χ4n) is 3.82. The Balaban J connectivity index is 1.85. The van der Waals surface area contributed by atoms with Crippen molar-refractivity contribution in [3.8, 4) is 5.75 Å². The standard InChI is InChI=1S/C26H35NO4/c1-7-29-23-20-15-19(27-17-18-11-9-8-10-12-18)13-14-21(20)31-26(5,6)24(23)30-22(28)16-25(2,3)4/h8-15,23-24,27H,7,16-17H2,1-6H3. The van der Waals surface area contributed by atoms with Crippen LogP contribution in [0.25, 0.3) is 0 Å². The van der Waals surface area contributed by atoms with Gasteiger partial charge in [-0.3, -0.25) is 4.79 Å². The van der Waals surface area contributed by atoms with Crippen molar-refractivity contribution in [1.82, 2.24) is 0 Å². The van der Waals surface area contributed by atoms with E-state index in [9.17, 15) is 4.79 Å². The van der Waals surface area contributed by atoms with Gasteiger partial charge in [0.1, 0.15) is 17.5 Å². The van der Waals surface area contributed by atoms with Crippen LogP contribution in [0.15, 0.2) is 48.5 Å². The summed E-state index contributed by atoms with van der Waals surface area (Å²) in [6.07, 6.45) is -0.602. The van der Waals surface area contributed by atoms with E-state index in [0.29, 0.717) is 13.0 Å². The fraction of sp³-hybridized carbons (Fsp3) is 0.500. The number of ether oxygens (including phenoxy) is 3. The number of anilines is 1. The lowest BCUT2D eigenvalue weighted by molar-refractivity contribution is -0.185. The molecule has 0 aliphatic carbocycles. The molecule has 0 radical (unpaired) electrons. The molecule has 1 N–H and O–H groups in total. The van der Waals surface area contributed by atoms with E-state index in [1.165, 1.54) is 5.56 Å². The van der Waals surface area contributed by atoms with E-state index in [1.807, 2.05) is 77.9 Å². The third-order valence-electron chi connectivity index (χ3n) is 5.27. The topological polar surface area (TPSA) is 56.8 Å². The van der Waals surface area contributed by atoms with Gasteiger partial charge in [0, 0.05) is 24.4 Å². The van der Waals surface area contributed by atoms with Crippen LogP contribution in [0, 0.1) is 5.41 Å². The van der Waals surface area contributed by atoms with E-state index in [2.05, 4.69) is 17.4 Å². The molecule has 3 rings (SSSR count). The second-order valence-electron chi connectivity index (χ2n) is 9.82. The van der Waals surface area contributed by atoms with Crippen molar-refractivity contribution in [2.75, 3.05) is 11.9 Å². The molecule has 1 aliphatic rings. The minimum Gasteiger partial charge on any atom is -0.483 e. The van der Waals surface area contributed by atoms with Crippen LogP contribution in [0.5, 0.6) is 5.75 Å². The number of carbonyl (C=O) groups excluding carboxylic acids is 1. The first kappa shape index (κ1) is 23.1. The first-order valence-corrected chi connectivity index (χ1v) is 11.0. The third kappa shape index (κ3) is 6.01. The number of nitrogens with one attached hydrogen (secondary N) is 1. The highest BCUT2D eigenvalue weighted by Crippen LogP contribution is 2.44. The molecule has 5 heteroatoms. The Morgan fingerprint density at radius 2 is 1.84 bits per heavy atom. The van der Waals surface area contributed by atoms with Gasteiger partial charge in [-0.1, -0.05) is 51.1 Å². The van der Waals surface area contributed by atoms with Crippen molar-refractivity contribution in [2.24, 2.45) is 5.41 Å². The Morgan fingerprint density at radius 1 is 1.13 bits per heavy atom. The molecule has 168 valence electrons. The van der Waals surface area contributed by atoms with Crippen molar-refractivity contribution < 1.29 is 19.0 Å². The van der Waals surface area contributed by atoms with Gasteiger partial charge in [-0.25, -0.2) is 0 Å². The highest BCUT2D eigenvalue weighted by Gasteiger charge is 2.47. The smallest absolute Gasteiger partial charge is 0.306 e. The van der Waals surface area contributed by atoms with E-state index in [1.54, 1.807) is 0 Å². The van der Waals surface area contributed by atoms with Crippen molar-refractivity contribution in [3.05, 3.63) is 59.7 Å². The number of benzene rings is 2. The third-order valence-corrected chi connectivity index (χ3v) is 5.27.